The molecule has 1 aliphatic carbocycles. The Morgan fingerprint density at radius 1 is 0.974 bits per heavy atom. The van der Waals surface area contributed by atoms with Crippen LogP contribution in [-0.4, -0.2) is 85.9 Å². The predicted octanol–water partition coefficient (Wildman–Crippen LogP) is 1.40. The molecule has 1 aromatic rings. The smallest absolute Gasteiger partial charge is 0.245 e. The topological polar surface area (TPSA) is 128 Å². The maximum Gasteiger partial charge on any atom is 0.245 e. The number of nitrogens with one attached hydrogen (secondary N) is 3. The molecule has 11 heteroatoms. The van der Waals surface area contributed by atoms with Gasteiger partial charge in [-0.15, -0.1) is 0 Å². The Morgan fingerprint density at radius 3 is 2.26 bits per heavy atom. The van der Waals surface area contributed by atoms with Crippen LogP contribution in [0.25, 0.3) is 0 Å². The minimum atomic E-state index is -3.59. The molecule has 3 N–H and O–H groups in total. The number of likely N-dealkylation sites (tertiary alicyclic amines) is 1. The van der Waals surface area contributed by atoms with Gasteiger partial charge in [-0.3, -0.25) is 14.4 Å². The number of sulfonamides is 1. The van der Waals surface area contributed by atoms with Crippen molar-refractivity contribution >= 4 is 27.7 Å². The van der Waals surface area contributed by atoms with Crippen LogP contribution < -0.4 is 16.0 Å². The molecule has 2 saturated heterocycles. The zero-order valence-electron chi connectivity index (χ0n) is 23.4. The Kier molecular flexibility index (Phi) is 9.33. The average molecular weight is 562 g/mol. The molecule has 0 unspecified atom stereocenters. The first-order valence-electron chi connectivity index (χ1n) is 14.1. The fourth-order valence-electron chi connectivity index (χ4n) is 6.49. The Morgan fingerprint density at radius 2 is 1.64 bits per heavy atom. The summed E-state index contributed by atoms with van der Waals surface area (Å²) in [6, 6.07) is 7.09. The van der Waals surface area contributed by atoms with E-state index >= 15 is 0 Å². The molecule has 10 nitrogen and oxygen atoms in total. The number of hydrogen-bond donors (Lipinski definition) is 3. The Labute approximate surface area is 232 Å². The number of benzene rings is 1. The molecule has 1 aromatic carbocycles. The minimum Gasteiger partial charge on any atom is -0.349 e. The lowest BCUT2D eigenvalue weighted by molar-refractivity contribution is -0.141. The quantitative estimate of drug-likeness (QED) is 0.418. The molecule has 0 aromatic heterocycles. The van der Waals surface area contributed by atoms with Crippen molar-refractivity contribution in [3.63, 3.8) is 0 Å². The number of carbonyl (C=O) groups is 3. The summed E-state index contributed by atoms with van der Waals surface area (Å²) in [6.07, 6.45) is 6.43. The Balaban J connectivity index is 1.60. The normalized spacial score (nSPS) is 26.5. The average Bonchev–Trinajstić information content (AvgIpc) is 3.52. The second-order valence-electron chi connectivity index (χ2n) is 11.4. The first kappa shape index (κ1) is 29.5. The van der Waals surface area contributed by atoms with Crippen molar-refractivity contribution in [2.45, 2.75) is 82.6 Å². The summed E-state index contributed by atoms with van der Waals surface area (Å²) < 4.78 is 26.8. The third-order valence-corrected chi connectivity index (χ3v) is 10.1. The molecular weight excluding hydrogens is 518 g/mol. The molecule has 0 spiro atoms. The SMILES string of the molecule is CN[C@@H](C)C(=O)N[C@H](C(=O)N1CC[C@@H]2[C@H]1[C@@H](C(=O)N[C@@H](C)c1ccccc1)CN2S(C)(=O)=O)C1CCCCC1. The van der Waals surface area contributed by atoms with Gasteiger partial charge in [-0.25, -0.2) is 8.42 Å². The van der Waals surface area contributed by atoms with Crippen molar-refractivity contribution < 1.29 is 22.8 Å². The summed E-state index contributed by atoms with van der Waals surface area (Å²) in [7, 11) is -1.89. The highest BCUT2D eigenvalue weighted by molar-refractivity contribution is 7.88. The fourth-order valence-corrected chi connectivity index (χ4v) is 7.65. The van der Waals surface area contributed by atoms with Gasteiger partial charge < -0.3 is 20.9 Å². The molecule has 6 atom stereocenters. The molecule has 216 valence electrons. The maximum atomic E-state index is 14.2. The molecule has 3 aliphatic rings. The van der Waals surface area contributed by atoms with E-state index in [4.69, 9.17) is 0 Å². The summed E-state index contributed by atoms with van der Waals surface area (Å²) >= 11 is 0. The molecule has 39 heavy (non-hydrogen) atoms. The van der Waals surface area contributed by atoms with E-state index in [-0.39, 0.29) is 36.2 Å². The number of hydrogen-bond acceptors (Lipinski definition) is 6. The zero-order chi connectivity index (χ0) is 28.3. The first-order valence-corrected chi connectivity index (χ1v) is 16.0. The number of carbonyl (C=O) groups excluding carboxylic acids is 3. The van der Waals surface area contributed by atoms with Crippen LogP contribution in [0.5, 0.6) is 0 Å². The number of fused-ring (bicyclic) bond motifs is 1. The van der Waals surface area contributed by atoms with E-state index in [1.165, 1.54) is 4.31 Å². The van der Waals surface area contributed by atoms with E-state index < -0.39 is 40.1 Å². The number of likely N-dealkylation sites (N-methyl/N-ethyl adjacent to an activating group) is 1. The van der Waals surface area contributed by atoms with Gasteiger partial charge in [0.2, 0.25) is 27.7 Å². The van der Waals surface area contributed by atoms with Crippen LogP contribution in [-0.2, 0) is 24.4 Å². The number of nitrogens with zero attached hydrogens (tertiary/aromatic N) is 2. The van der Waals surface area contributed by atoms with E-state index in [9.17, 15) is 22.8 Å². The second-order valence-corrected chi connectivity index (χ2v) is 13.3. The summed E-state index contributed by atoms with van der Waals surface area (Å²) in [5, 5.41) is 8.99. The van der Waals surface area contributed by atoms with Crippen LogP contribution >= 0.6 is 0 Å². The van der Waals surface area contributed by atoms with Crippen molar-refractivity contribution in [3.05, 3.63) is 35.9 Å². The molecule has 4 rings (SSSR count). The molecule has 3 fully saturated rings. The van der Waals surface area contributed by atoms with E-state index in [1.807, 2.05) is 37.3 Å². The van der Waals surface area contributed by atoms with Crippen LogP contribution in [0.4, 0.5) is 0 Å². The van der Waals surface area contributed by atoms with Gasteiger partial charge in [0.15, 0.2) is 0 Å². The van der Waals surface area contributed by atoms with E-state index in [0.29, 0.717) is 13.0 Å². The predicted molar refractivity (Wildman–Crippen MR) is 149 cm³/mol. The third kappa shape index (κ3) is 6.47. The van der Waals surface area contributed by atoms with Crippen LogP contribution in [0, 0.1) is 11.8 Å². The highest BCUT2D eigenvalue weighted by Crippen LogP contribution is 2.39. The van der Waals surface area contributed by atoms with Crippen LogP contribution in [0.2, 0.25) is 0 Å². The summed E-state index contributed by atoms with van der Waals surface area (Å²) in [6.45, 7) is 4.02. The van der Waals surface area contributed by atoms with Crippen molar-refractivity contribution in [2.75, 3.05) is 26.4 Å². The van der Waals surface area contributed by atoms with Gasteiger partial charge in [0.05, 0.1) is 30.3 Å². The lowest BCUT2D eigenvalue weighted by Crippen LogP contribution is -2.58. The Bertz CT molecular complexity index is 1140. The number of rotatable bonds is 9. The van der Waals surface area contributed by atoms with Gasteiger partial charge in [0.25, 0.3) is 0 Å². The molecule has 0 bridgehead atoms. The van der Waals surface area contributed by atoms with Gasteiger partial charge in [-0.05, 0) is 51.6 Å². The van der Waals surface area contributed by atoms with E-state index in [1.54, 1.807) is 18.9 Å². The van der Waals surface area contributed by atoms with Gasteiger partial charge in [-0.2, -0.15) is 4.31 Å². The second kappa shape index (κ2) is 12.3. The van der Waals surface area contributed by atoms with Crippen LogP contribution in [0.3, 0.4) is 0 Å². The van der Waals surface area contributed by atoms with Crippen molar-refractivity contribution in [2.24, 2.45) is 11.8 Å². The third-order valence-electron chi connectivity index (χ3n) is 8.79. The molecule has 3 amide bonds. The van der Waals surface area contributed by atoms with Gasteiger partial charge in [0, 0.05) is 19.1 Å². The summed E-state index contributed by atoms with van der Waals surface area (Å²) in [5.74, 6) is -1.42. The van der Waals surface area contributed by atoms with Crippen LogP contribution in [0.15, 0.2) is 30.3 Å². The summed E-state index contributed by atoms with van der Waals surface area (Å²) in [5.41, 5.74) is 0.943. The van der Waals surface area contributed by atoms with Crippen LogP contribution in [0.1, 0.15) is 64.0 Å². The molecule has 0 radical (unpaired) electrons. The highest BCUT2D eigenvalue weighted by atomic mass is 32.2. The maximum absolute atomic E-state index is 14.2. The molecule has 1 saturated carbocycles. The van der Waals surface area contributed by atoms with Gasteiger partial charge in [0.1, 0.15) is 6.04 Å². The van der Waals surface area contributed by atoms with E-state index in [0.717, 1.165) is 43.9 Å². The first-order chi connectivity index (χ1) is 18.5. The lowest BCUT2D eigenvalue weighted by atomic mass is 9.83. The molecule has 2 aliphatic heterocycles. The van der Waals surface area contributed by atoms with Crippen molar-refractivity contribution in [1.82, 2.24) is 25.2 Å². The molecular formula is C28H43N5O5S. The highest BCUT2D eigenvalue weighted by Gasteiger charge is 2.56. The van der Waals surface area contributed by atoms with E-state index in [2.05, 4.69) is 16.0 Å². The Hall–Kier alpha value is -2.50. The lowest BCUT2D eigenvalue weighted by Gasteiger charge is -2.36. The van der Waals surface area contributed by atoms with Gasteiger partial charge in [-0.1, -0.05) is 49.6 Å². The monoisotopic (exact) mass is 561 g/mol. The van der Waals surface area contributed by atoms with Crippen molar-refractivity contribution in [1.29, 1.82) is 0 Å². The zero-order valence-corrected chi connectivity index (χ0v) is 24.2. The fraction of sp³-hybridized carbons (Fsp3) is 0.679. The minimum absolute atomic E-state index is 0.0103. The standard InChI is InChI=1S/C28H43N5O5S/c1-18(20-11-7-5-8-12-20)30-27(35)22-17-33(39(4,37)38)23-15-16-32(25(22)23)28(36)24(21-13-9-6-10-14-21)31-26(34)19(2)29-3/h5,7-8,11-12,18-19,21-25,29H,6,9-10,13-17H2,1-4H3,(H,30,35)(H,31,34)/t18-,19-,22-,23+,24-,25+/m0/s1. The molecule has 2 heterocycles. The van der Waals surface area contributed by atoms with Crippen molar-refractivity contribution in [3.8, 4) is 0 Å². The largest absolute Gasteiger partial charge is 0.349 e. The number of amides is 3. The van der Waals surface area contributed by atoms with Gasteiger partial charge >= 0.3 is 0 Å². The summed E-state index contributed by atoms with van der Waals surface area (Å²) in [4.78, 5) is 42.4.